The van der Waals surface area contributed by atoms with Gasteiger partial charge in [0.25, 0.3) is 0 Å². The van der Waals surface area contributed by atoms with Crippen molar-refractivity contribution >= 4 is 33.5 Å². The number of ether oxygens (including phenoxy) is 2. The van der Waals surface area contributed by atoms with E-state index in [1.165, 1.54) is 0 Å². The van der Waals surface area contributed by atoms with Gasteiger partial charge in [0.15, 0.2) is 0 Å². The van der Waals surface area contributed by atoms with Crippen molar-refractivity contribution < 1.29 is 9.47 Å². The van der Waals surface area contributed by atoms with E-state index in [-0.39, 0.29) is 0 Å². The van der Waals surface area contributed by atoms with Crippen LogP contribution in [0, 0.1) is 3.70 Å². The van der Waals surface area contributed by atoms with Crippen LogP contribution in [0.5, 0.6) is 11.5 Å². The minimum Gasteiger partial charge on any atom is -0.496 e. The molecule has 0 N–H and O–H groups in total. The Morgan fingerprint density at radius 1 is 1.31 bits per heavy atom. The van der Waals surface area contributed by atoms with Crippen LogP contribution in [0.2, 0.25) is 0 Å². The molecular weight excluding hydrogens is 319 g/mol. The lowest BCUT2D eigenvalue weighted by atomic mass is 10.2. The van der Waals surface area contributed by atoms with Crippen molar-refractivity contribution in [2.24, 2.45) is 0 Å². The van der Waals surface area contributed by atoms with E-state index in [1.54, 1.807) is 13.4 Å². The fourth-order valence-electron chi connectivity index (χ4n) is 1.50. The lowest BCUT2D eigenvalue weighted by molar-refractivity contribution is 0.337. The number of hydrogen-bond acceptors (Lipinski definition) is 4. The lowest BCUT2D eigenvalue weighted by Gasteiger charge is -2.09. The van der Waals surface area contributed by atoms with Crippen molar-refractivity contribution in [3.05, 3.63) is 22.2 Å². The van der Waals surface area contributed by atoms with Crippen molar-refractivity contribution in [1.82, 2.24) is 9.97 Å². The minimum atomic E-state index is 0.622. The third-order valence-electron chi connectivity index (χ3n) is 2.16. The summed E-state index contributed by atoms with van der Waals surface area (Å²) in [6.45, 7) is 2.57. The Bertz CT molecular complexity index is 517. The van der Waals surface area contributed by atoms with Crippen molar-refractivity contribution in [3.8, 4) is 11.5 Å². The van der Waals surface area contributed by atoms with Crippen LogP contribution >= 0.6 is 22.6 Å². The molecule has 0 aliphatic rings. The maximum Gasteiger partial charge on any atom is 0.134 e. The van der Waals surface area contributed by atoms with Gasteiger partial charge in [0.05, 0.1) is 24.6 Å². The molecule has 0 aliphatic carbocycles. The van der Waals surface area contributed by atoms with Gasteiger partial charge in [-0.15, -0.1) is 0 Å². The molecular formula is C11H11IN2O2. The molecule has 0 radical (unpaired) electrons. The Balaban J connectivity index is 2.68. The summed E-state index contributed by atoms with van der Waals surface area (Å²) in [7, 11) is 1.63. The molecule has 0 bridgehead atoms. The molecule has 4 nitrogen and oxygen atoms in total. The van der Waals surface area contributed by atoms with Crippen molar-refractivity contribution in [2.45, 2.75) is 6.92 Å². The first kappa shape index (κ1) is 11.4. The van der Waals surface area contributed by atoms with E-state index in [4.69, 9.17) is 9.47 Å². The predicted molar refractivity (Wildman–Crippen MR) is 70.0 cm³/mol. The normalized spacial score (nSPS) is 10.4. The molecule has 5 heteroatoms. The van der Waals surface area contributed by atoms with Crippen LogP contribution in [-0.2, 0) is 0 Å². The molecule has 1 aromatic heterocycles. The molecule has 0 aliphatic heterocycles. The molecule has 84 valence electrons. The quantitative estimate of drug-likeness (QED) is 0.641. The SMILES string of the molecule is CCOc1cc(OC)c2c(I)ncnc2c1. The maximum atomic E-state index is 5.45. The highest BCUT2D eigenvalue weighted by molar-refractivity contribution is 14.1. The topological polar surface area (TPSA) is 44.2 Å². The minimum absolute atomic E-state index is 0.622. The summed E-state index contributed by atoms with van der Waals surface area (Å²) in [5, 5.41) is 0.925. The van der Waals surface area contributed by atoms with Gasteiger partial charge in [-0.2, -0.15) is 0 Å². The molecule has 0 spiro atoms. The molecule has 1 heterocycles. The summed E-state index contributed by atoms with van der Waals surface area (Å²) in [5.41, 5.74) is 0.835. The van der Waals surface area contributed by atoms with E-state index in [0.29, 0.717) is 6.61 Å². The zero-order chi connectivity index (χ0) is 11.5. The summed E-state index contributed by atoms with van der Waals surface area (Å²) >= 11 is 2.17. The molecule has 0 fully saturated rings. The fourth-order valence-corrected chi connectivity index (χ4v) is 2.17. The zero-order valence-corrected chi connectivity index (χ0v) is 11.2. The first-order valence-corrected chi connectivity index (χ1v) is 5.95. The standard InChI is InChI=1S/C11H11IN2O2/c1-3-16-7-4-8-10(9(5-7)15-2)11(12)14-6-13-8/h4-6H,3H2,1-2H3. The van der Waals surface area contributed by atoms with Gasteiger partial charge in [-0.3, -0.25) is 0 Å². The Kier molecular flexibility index (Phi) is 3.42. The van der Waals surface area contributed by atoms with Crippen LogP contribution in [0.3, 0.4) is 0 Å². The maximum absolute atomic E-state index is 5.45. The summed E-state index contributed by atoms with van der Waals surface area (Å²) in [5.74, 6) is 1.51. The van der Waals surface area contributed by atoms with Gasteiger partial charge >= 0.3 is 0 Å². The Hall–Kier alpha value is -1.11. The Labute approximate surface area is 107 Å². The van der Waals surface area contributed by atoms with Crippen LogP contribution in [-0.4, -0.2) is 23.7 Å². The molecule has 2 aromatic rings. The van der Waals surface area contributed by atoms with Crippen LogP contribution in [0.4, 0.5) is 0 Å². The summed E-state index contributed by atoms with van der Waals surface area (Å²) < 4.78 is 11.7. The first-order chi connectivity index (χ1) is 7.76. The Morgan fingerprint density at radius 2 is 2.12 bits per heavy atom. The molecule has 0 unspecified atom stereocenters. The number of benzene rings is 1. The molecule has 0 saturated carbocycles. The molecule has 2 rings (SSSR count). The van der Waals surface area contributed by atoms with Crippen molar-refractivity contribution in [3.63, 3.8) is 0 Å². The fraction of sp³-hybridized carbons (Fsp3) is 0.273. The average molecular weight is 330 g/mol. The largest absolute Gasteiger partial charge is 0.496 e. The van der Waals surface area contributed by atoms with Crippen LogP contribution < -0.4 is 9.47 Å². The van der Waals surface area contributed by atoms with Gasteiger partial charge in [-0.05, 0) is 29.5 Å². The van der Waals surface area contributed by atoms with Crippen LogP contribution in [0.25, 0.3) is 10.9 Å². The van der Waals surface area contributed by atoms with Gasteiger partial charge in [-0.1, -0.05) is 0 Å². The van der Waals surface area contributed by atoms with Gasteiger partial charge in [0, 0.05) is 12.1 Å². The second kappa shape index (κ2) is 4.82. The lowest BCUT2D eigenvalue weighted by Crippen LogP contribution is -1.96. The highest BCUT2D eigenvalue weighted by Gasteiger charge is 2.10. The molecule has 1 aromatic carbocycles. The van der Waals surface area contributed by atoms with Gasteiger partial charge < -0.3 is 9.47 Å². The smallest absolute Gasteiger partial charge is 0.134 e. The first-order valence-electron chi connectivity index (χ1n) is 4.87. The number of methoxy groups -OCH3 is 1. The molecule has 0 atom stereocenters. The zero-order valence-electron chi connectivity index (χ0n) is 9.03. The van der Waals surface area contributed by atoms with E-state index in [2.05, 4.69) is 32.6 Å². The van der Waals surface area contributed by atoms with E-state index < -0.39 is 0 Å². The number of aromatic nitrogens is 2. The van der Waals surface area contributed by atoms with Crippen LogP contribution in [0.1, 0.15) is 6.92 Å². The van der Waals surface area contributed by atoms with E-state index in [0.717, 1.165) is 26.1 Å². The predicted octanol–water partition coefficient (Wildman–Crippen LogP) is 2.64. The molecule has 16 heavy (non-hydrogen) atoms. The van der Waals surface area contributed by atoms with Crippen molar-refractivity contribution in [1.29, 1.82) is 0 Å². The summed E-state index contributed by atoms with van der Waals surface area (Å²) in [4.78, 5) is 8.36. The third kappa shape index (κ3) is 2.04. The monoisotopic (exact) mass is 330 g/mol. The number of hydrogen-bond donors (Lipinski definition) is 0. The number of rotatable bonds is 3. The summed E-state index contributed by atoms with van der Waals surface area (Å²) in [6.07, 6.45) is 1.54. The second-order valence-electron chi connectivity index (χ2n) is 3.12. The van der Waals surface area contributed by atoms with Crippen LogP contribution in [0.15, 0.2) is 18.5 Å². The average Bonchev–Trinajstić information content (AvgIpc) is 2.28. The van der Waals surface area contributed by atoms with E-state index >= 15 is 0 Å². The third-order valence-corrected chi connectivity index (χ3v) is 2.98. The molecule has 0 amide bonds. The van der Waals surface area contributed by atoms with Gasteiger partial charge in [0.2, 0.25) is 0 Å². The number of halogens is 1. The Morgan fingerprint density at radius 3 is 2.81 bits per heavy atom. The van der Waals surface area contributed by atoms with E-state index in [9.17, 15) is 0 Å². The van der Waals surface area contributed by atoms with Crippen molar-refractivity contribution in [2.75, 3.05) is 13.7 Å². The second-order valence-corrected chi connectivity index (χ2v) is 4.14. The van der Waals surface area contributed by atoms with E-state index in [1.807, 2.05) is 19.1 Å². The van der Waals surface area contributed by atoms with Gasteiger partial charge in [0.1, 0.15) is 21.5 Å². The van der Waals surface area contributed by atoms with Gasteiger partial charge in [-0.25, -0.2) is 9.97 Å². The highest BCUT2D eigenvalue weighted by Crippen LogP contribution is 2.32. The molecule has 0 saturated heterocycles. The number of fused-ring (bicyclic) bond motifs is 1. The highest BCUT2D eigenvalue weighted by atomic mass is 127. The number of nitrogens with zero attached hydrogens (tertiary/aromatic N) is 2. The summed E-state index contributed by atoms with van der Waals surface area (Å²) in [6, 6.07) is 3.75.